The van der Waals surface area contributed by atoms with E-state index >= 15 is 0 Å². The van der Waals surface area contributed by atoms with Crippen LogP contribution < -0.4 is 10.5 Å². The van der Waals surface area contributed by atoms with Crippen molar-refractivity contribution in [2.45, 2.75) is 6.54 Å². The number of hydrogen-bond donors (Lipinski definition) is 1. The summed E-state index contributed by atoms with van der Waals surface area (Å²) < 4.78 is 6.80. The van der Waals surface area contributed by atoms with E-state index in [-0.39, 0.29) is 5.82 Å². The summed E-state index contributed by atoms with van der Waals surface area (Å²) in [6, 6.07) is 7.28. The van der Waals surface area contributed by atoms with Crippen LogP contribution in [-0.2, 0) is 6.54 Å². The predicted octanol–water partition coefficient (Wildman–Crippen LogP) is 0.789. The Bertz CT molecular complexity index is 569. The Morgan fingerprint density at radius 1 is 1.53 bits per heavy atom. The fourth-order valence-corrected chi connectivity index (χ4v) is 1.49. The van der Waals surface area contributed by atoms with E-state index in [4.69, 9.17) is 15.7 Å². The third-order valence-electron chi connectivity index (χ3n) is 2.28. The first-order valence-electron chi connectivity index (χ1n) is 4.95. The van der Waals surface area contributed by atoms with Gasteiger partial charge in [0.05, 0.1) is 13.7 Å². The van der Waals surface area contributed by atoms with E-state index in [1.165, 1.54) is 6.33 Å². The molecule has 1 aromatic heterocycles. The first kappa shape index (κ1) is 11.0. The zero-order valence-corrected chi connectivity index (χ0v) is 9.29. The Morgan fingerprint density at radius 3 is 3.00 bits per heavy atom. The second-order valence-electron chi connectivity index (χ2n) is 3.45. The number of rotatable bonds is 3. The molecule has 6 heteroatoms. The van der Waals surface area contributed by atoms with Crippen molar-refractivity contribution >= 4 is 5.69 Å². The average Bonchev–Trinajstić information content (AvgIpc) is 2.79. The molecule has 1 aromatic carbocycles. The molecule has 0 saturated carbocycles. The highest BCUT2D eigenvalue weighted by molar-refractivity contribution is 5.48. The van der Waals surface area contributed by atoms with Gasteiger partial charge in [0, 0.05) is 17.3 Å². The van der Waals surface area contributed by atoms with Crippen LogP contribution >= 0.6 is 0 Å². The fraction of sp³-hybridized carbons (Fsp3) is 0.182. The van der Waals surface area contributed by atoms with Crippen molar-refractivity contribution in [2.75, 3.05) is 12.8 Å². The van der Waals surface area contributed by atoms with Crippen LogP contribution in [0.1, 0.15) is 11.4 Å². The number of ether oxygens (including phenoxy) is 1. The maximum atomic E-state index is 8.62. The quantitative estimate of drug-likeness (QED) is 0.786. The molecule has 2 aromatic rings. The van der Waals surface area contributed by atoms with Crippen molar-refractivity contribution in [3.8, 4) is 11.8 Å². The molecule has 0 radical (unpaired) electrons. The molecule has 0 aliphatic rings. The highest BCUT2D eigenvalue weighted by Gasteiger charge is 2.06. The van der Waals surface area contributed by atoms with Gasteiger partial charge in [-0.15, -0.1) is 5.10 Å². The van der Waals surface area contributed by atoms with Gasteiger partial charge in [-0.3, -0.25) is 0 Å². The van der Waals surface area contributed by atoms with E-state index in [1.54, 1.807) is 23.9 Å². The number of anilines is 1. The molecular weight excluding hydrogens is 218 g/mol. The van der Waals surface area contributed by atoms with Crippen LogP contribution in [-0.4, -0.2) is 21.9 Å². The fourth-order valence-electron chi connectivity index (χ4n) is 1.49. The first-order chi connectivity index (χ1) is 8.22. The minimum absolute atomic E-state index is 0.152. The van der Waals surface area contributed by atoms with Crippen molar-refractivity contribution in [2.24, 2.45) is 0 Å². The van der Waals surface area contributed by atoms with Crippen LogP contribution in [0.5, 0.6) is 5.75 Å². The summed E-state index contributed by atoms with van der Waals surface area (Å²) in [5.74, 6) is 0.846. The van der Waals surface area contributed by atoms with E-state index < -0.39 is 0 Å². The lowest BCUT2D eigenvalue weighted by molar-refractivity contribution is 0.407. The topological polar surface area (TPSA) is 89.8 Å². The SMILES string of the molecule is COc1cc(N)ccc1Cn1cnc(C#N)n1. The predicted molar refractivity (Wildman–Crippen MR) is 61.2 cm³/mol. The molecule has 0 atom stereocenters. The number of nitrogens with zero attached hydrogens (tertiary/aromatic N) is 4. The van der Waals surface area contributed by atoms with Gasteiger partial charge in [-0.1, -0.05) is 6.07 Å². The zero-order valence-electron chi connectivity index (χ0n) is 9.29. The molecule has 86 valence electrons. The summed E-state index contributed by atoms with van der Waals surface area (Å²) in [6.45, 7) is 0.484. The number of nitriles is 1. The molecule has 0 aliphatic carbocycles. The van der Waals surface area contributed by atoms with Crippen molar-refractivity contribution in [1.82, 2.24) is 14.8 Å². The lowest BCUT2D eigenvalue weighted by atomic mass is 10.2. The zero-order chi connectivity index (χ0) is 12.3. The molecule has 0 spiro atoms. The van der Waals surface area contributed by atoms with Crippen molar-refractivity contribution in [3.05, 3.63) is 35.9 Å². The summed E-state index contributed by atoms with van der Waals surface area (Å²) in [4.78, 5) is 3.83. The molecule has 0 aliphatic heterocycles. The van der Waals surface area contributed by atoms with Crippen molar-refractivity contribution < 1.29 is 4.74 Å². The summed E-state index contributed by atoms with van der Waals surface area (Å²) >= 11 is 0. The summed E-state index contributed by atoms with van der Waals surface area (Å²) in [6.07, 6.45) is 1.51. The largest absolute Gasteiger partial charge is 0.496 e. The molecule has 0 unspecified atom stereocenters. The highest BCUT2D eigenvalue weighted by Crippen LogP contribution is 2.21. The van der Waals surface area contributed by atoms with Gasteiger partial charge in [0.25, 0.3) is 5.82 Å². The van der Waals surface area contributed by atoms with Crippen LogP contribution in [0, 0.1) is 11.3 Å². The average molecular weight is 229 g/mol. The second kappa shape index (κ2) is 4.53. The van der Waals surface area contributed by atoms with Crippen molar-refractivity contribution in [3.63, 3.8) is 0 Å². The molecular formula is C11H11N5O. The third kappa shape index (κ3) is 2.34. The molecule has 2 rings (SSSR count). The molecule has 1 heterocycles. The molecule has 0 fully saturated rings. The van der Waals surface area contributed by atoms with Gasteiger partial charge in [-0.05, 0) is 6.07 Å². The van der Waals surface area contributed by atoms with Gasteiger partial charge in [0.1, 0.15) is 18.1 Å². The van der Waals surface area contributed by atoms with Crippen LogP contribution in [0.4, 0.5) is 5.69 Å². The van der Waals surface area contributed by atoms with Crippen LogP contribution in [0.25, 0.3) is 0 Å². The minimum Gasteiger partial charge on any atom is -0.496 e. The second-order valence-corrected chi connectivity index (χ2v) is 3.45. The Balaban J connectivity index is 2.26. The third-order valence-corrected chi connectivity index (χ3v) is 2.28. The number of hydrogen-bond acceptors (Lipinski definition) is 5. The van der Waals surface area contributed by atoms with Crippen LogP contribution in [0.2, 0.25) is 0 Å². The normalized spacial score (nSPS) is 9.88. The Morgan fingerprint density at radius 2 is 2.35 bits per heavy atom. The monoisotopic (exact) mass is 229 g/mol. The maximum Gasteiger partial charge on any atom is 0.252 e. The Kier molecular flexibility index (Phi) is 2.92. The number of aromatic nitrogens is 3. The molecule has 6 nitrogen and oxygen atoms in total. The number of nitrogens with two attached hydrogens (primary N) is 1. The summed E-state index contributed by atoms with van der Waals surface area (Å²) in [5.41, 5.74) is 7.23. The van der Waals surface area contributed by atoms with Gasteiger partial charge in [0.15, 0.2) is 0 Å². The lowest BCUT2D eigenvalue weighted by Crippen LogP contribution is -2.03. The Hall–Kier alpha value is -2.55. The van der Waals surface area contributed by atoms with E-state index in [2.05, 4.69) is 10.1 Å². The Labute approximate surface area is 98.3 Å². The molecule has 0 saturated heterocycles. The van der Waals surface area contributed by atoms with Gasteiger partial charge >= 0.3 is 0 Å². The van der Waals surface area contributed by atoms with E-state index in [0.29, 0.717) is 18.0 Å². The van der Waals surface area contributed by atoms with Crippen molar-refractivity contribution in [1.29, 1.82) is 5.26 Å². The number of nitrogen functional groups attached to an aromatic ring is 1. The van der Waals surface area contributed by atoms with Gasteiger partial charge in [-0.25, -0.2) is 9.67 Å². The van der Waals surface area contributed by atoms with Gasteiger partial charge in [0.2, 0.25) is 0 Å². The highest BCUT2D eigenvalue weighted by atomic mass is 16.5. The maximum absolute atomic E-state index is 8.62. The lowest BCUT2D eigenvalue weighted by Gasteiger charge is -2.08. The summed E-state index contributed by atoms with van der Waals surface area (Å²) in [5, 5.41) is 12.6. The van der Waals surface area contributed by atoms with E-state index in [9.17, 15) is 0 Å². The minimum atomic E-state index is 0.152. The molecule has 0 amide bonds. The van der Waals surface area contributed by atoms with E-state index in [0.717, 1.165) is 5.56 Å². The van der Waals surface area contributed by atoms with Crippen LogP contribution in [0.15, 0.2) is 24.5 Å². The standard InChI is InChI=1S/C11H11N5O/c1-17-10-4-9(13)3-2-8(10)6-16-7-14-11(5-12)15-16/h2-4,7H,6,13H2,1H3. The number of benzene rings is 1. The van der Waals surface area contributed by atoms with Gasteiger partial charge in [-0.2, -0.15) is 5.26 Å². The summed E-state index contributed by atoms with van der Waals surface area (Å²) in [7, 11) is 1.58. The molecule has 0 bridgehead atoms. The van der Waals surface area contributed by atoms with Crippen LogP contribution in [0.3, 0.4) is 0 Å². The number of methoxy groups -OCH3 is 1. The van der Waals surface area contributed by atoms with E-state index in [1.807, 2.05) is 12.1 Å². The molecule has 2 N–H and O–H groups in total. The smallest absolute Gasteiger partial charge is 0.252 e. The first-order valence-corrected chi connectivity index (χ1v) is 4.95. The van der Waals surface area contributed by atoms with Gasteiger partial charge < -0.3 is 10.5 Å². The molecule has 17 heavy (non-hydrogen) atoms.